The van der Waals surface area contributed by atoms with Crippen LogP contribution in [0.25, 0.3) is 22.8 Å². The second-order valence-corrected chi connectivity index (χ2v) is 7.03. The van der Waals surface area contributed by atoms with Crippen LogP contribution in [0.3, 0.4) is 0 Å². The van der Waals surface area contributed by atoms with Gasteiger partial charge in [0, 0.05) is 43.6 Å². The van der Waals surface area contributed by atoms with Crippen molar-refractivity contribution in [3.63, 3.8) is 0 Å². The number of rotatable bonds is 4. The standard InChI is InChI=1S/C22H24N4O2/c1-24-10-12-25(13-11-24)18-4-3-5-19(15-18)26-16-23-20-14-17(6-8-21(20)26)7-9-22(27)28-2/h3-9,14-16H,10-13H2,1-2H3/b9-7+. The molecule has 0 radical (unpaired) electrons. The number of likely N-dealkylation sites (N-methyl/N-ethyl adjacent to an activating group) is 1. The molecule has 0 N–H and O–H groups in total. The zero-order valence-electron chi connectivity index (χ0n) is 16.2. The van der Waals surface area contributed by atoms with Crippen LogP contribution in [0.4, 0.5) is 5.69 Å². The van der Waals surface area contributed by atoms with Crippen LogP contribution in [0.5, 0.6) is 0 Å². The van der Waals surface area contributed by atoms with E-state index in [0.29, 0.717) is 0 Å². The number of hydrogen-bond donors (Lipinski definition) is 0. The molecule has 0 saturated carbocycles. The lowest BCUT2D eigenvalue weighted by atomic mass is 10.1. The van der Waals surface area contributed by atoms with E-state index >= 15 is 0 Å². The van der Waals surface area contributed by atoms with Gasteiger partial charge >= 0.3 is 5.97 Å². The molecule has 0 unspecified atom stereocenters. The molecule has 1 aliphatic heterocycles. The third-order valence-corrected chi connectivity index (χ3v) is 5.16. The number of hydrogen-bond acceptors (Lipinski definition) is 5. The molecule has 6 heteroatoms. The van der Waals surface area contributed by atoms with Crippen LogP contribution in [0.1, 0.15) is 5.56 Å². The van der Waals surface area contributed by atoms with Crippen molar-refractivity contribution in [2.45, 2.75) is 0 Å². The summed E-state index contributed by atoms with van der Waals surface area (Å²) in [4.78, 5) is 20.6. The molecule has 3 aromatic rings. The lowest BCUT2D eigenvalue weighted by Crippen LogP contribution is -2.44. The van der Waals surface area contributed by atoms with Crippen molar-refractivity contribution >= 4 is 28.8 Å². The number of benzene rings is 2. The number of aromatic nitrogens is 2. The van der Waals surface area contributed by atoms with Gasteiger partial charge in [-0.25, -0.2) is 9.78 Å². The summed E-state index contributed by atoms with van der Waals surface area (Å²) < 4.78 is 6.74. The Kier molecular flexibility index (Phi) is 5.12. The number of anilines is 1. The van der Waals surface area contributed by atoms with Crippen LogP contribution < -0.4 is 4.90 Å². The van der Waals surface area contributed by atoms with Crippen molar-refractivity contribution in [1.29, 1.82) is 0 Å². The lowest BCUT2D eigenvalue weighted by molar-refractivity contribution is -0.134. The Hall–Kier alpha value is -3.12. The van der Waals surface area contributed by atoms with Gasteiger partial charge in [0.15, 0.2) is 0 Å². The van der Waals surface area contributed by atoms with Crippen molar-refractivity contribution in [3.8, 4) is 5.69 Å². The first-order chi connectivity index (χ1) is 13.6. The van der Waals surface area contributed by atoms with Gasteiger partial charge in [0.1, 0.15) is 6.33 Å². The maximum absolute atomic E-state index is 11.3. The summed E-state index contributed by atoms with van der Waals surface area (Å²) in [5.74, 6) is -0.369. The largest absolute Gasteiger partial charge is 0.466 e. The second-order valence-electron chi connectivity index (χ2n) is 7.03. The summed E-state index contributed by atoms with van der Waals surface area (Å²) in [5, 5.41) is 0. The predicted octanol–water partition coefficient (Wildman–Crippen LogP) is 2.96. The van der Waals surface area contributed by atoms with Crippen LogP contribution in [-0.4, -0.2) is 60.8 Å². The van der Waals surface area contributed by atoms with E-state index in [4.69, 9.17) is 0 Å². The first-order valence-electron chi connectivity index (χ1n) is 9.41. The molecule has 1 fully saturated rings. The number of piperazine rings is 1. The number of imidazole rings is 1. The Morgan fingerprint density at radius 3 is 2.64 bits per heavy atom. The van der Waals surface area contributed by atoms with Gasteiger partial charge in [-0.05, 0) is 49.0 Å². The number of carbonyl (C=O) groups excluding carboxylic acids is 1. The Morgan fingerprint density at radius 2 is 1.86 bits per heavy atom. The highest BCUT2D eigenvalue weighted by molar-refractivity contribution is 5.88. The van der Waals surface area contributed by atoms with Crippen molar-refractivity contribution in [2.24, 2.45) is 0 Å². The van der Waals surface area contributed by atoms with Crippen LogP contribution in [0, 0.1) is 0 Å². The summed E-state index contributed by atoms with van der Waals surface area (Å²) in [7, 11) is 3.54. The fraction of sp³-hybridized carbons (Fsp3) is 0.273. The minimum atomic E-state index is -0.369. The molecule has 4 rings (SSSR count). The highest BCUT2D eigenvalue weighted by atomic mass is 16.5. The Labute approximate surface area is 164 Å². The summed E-state index contributed by atoms with van der Waals surface area (Å²) in [6.07, 6.45) is 5.00. The van der Waals surface area contributed by atoms with Gasteiger partial charge in [-0.3, -0.25) is 4.57 Å². The quantitative estimate of drug-likeness (QED) is 0.518. The molecular formula is C22H24N4O2. The minimum absolute atomic E-state index is 0.369. The van der Waals surface area contributed by atoms with E-state index in [9.17, 15) is 4.79 Å². The normalized spacial score (nSPS) is 15.4. The van der Waals surface area contributed by atoms with E-state index in [2.05, 4.69) is 55.4 Å². The van der Waals surface area contributed by atoms with E-state index < -0.39 is 0 Å². The summed E-state index contributed by atoms with van der Waals surface area (Å²) in [6.45, 7) is 4.25. The molecule has 2 aromatic carbocycles. The van der Waals surface area contributed by atoms with E-state index in [0.717, 1.165) is 48.5 Å². The maximum atomic E-state index is 11.3. The van der Waals surface area contributed by atoms with Crippen molar-refractivity contribution in [1.82, 2.24) is 14.5 Å². The summed E-state index contributed by atoms with van der Waals surface area (Å²) in [6, 6.07) is 14.6. The number of methoxy groups -OCH3 is 1. The van der Waals surface area contributed by atoms with E-state index in [-0.39, 0.29) is 5.97 Å². The van der Waals surface area contributed by atoms with Gasteiger partial charge in [-0.2, -0.15) is 0 Å². The van der Waals surface area contributed by atoms with Crippen molar-refractivity contribution in [2.75, 3.05) is 45.2 Å². The summed E-state index contributed by atoms with van der Waals surface area (Å²) in [5.41, 5.74) is 5.17. The molecule has 1 saturated heterocycles. The number of esters is 1. The number of fused-ring (bicyclic) bond motifs is 1. The summed E-state index contributed by atoms with van der Waals surface area (Å²) >= 11 is 0. The van der Waals surface area contributed by atoms with Crippen LogP contribution >= 0.6 is 0 Å². The maximum Gasteiger partial charge on any atom is 0.330 e. The Morgan fingerprint density at radius 1 is 1.07 bits per heavy atom. The highest BCUT2D eigenvalue weighted by Gasteiger charge is 2.15. The minimum Gasteiger partial charge on any atom is -0.466 e. The molecule has 0 amide bonds. The fourth-order valence-electron chi connectivity index (χ4n) is 3.48. The molecule has 0 atom stereocenters. The first-order valence-corrected chi connectivity index (χ1v) is 9.41. The highest BCUT2D eigenvalue weighted by Crippen LogP contribution is 2.24. The van der Waals surface area contributed by atoms with Gasteiger partial charge < -0.3 is 14.5 Å². The molecule has 28 heavy (non-hydrogen) atoms. The lowest BCUT2D eigenvalue weighted by Gasteiger charge is -2.34. The van der Waals surface area contributed by atoms with Crippen LogP contribution in [0.15, 0.2) is 54.9 Å². The van der Waals surface area contributed by atoms with E-state index in [1.54, 1.807) is 6.08 Å². The number of ether oxygens (including phenoxy) is 1. The monoisotopic (exact) mass is 376 g/mol. The van der Waals surface area contributed by atoms with Gasteiger partial charge in [-0.15, -0.1) is 0 Å². The molecule has 0 spiro atoms. The molecule has 144 valence electrons. The topological polar surface area (TPSA) is 50.6 Å². The molecule has 0 bridgehead atoms. The zero-order chi connectivity index (χ0) is 19.5. The van der Waals surface area contributed by atoms with Crippen molar-refractivity contribution < 1.29 is 9.53 Å². The second kappa shape index (κ2) is 7.86. The Bertz CT molecular complexity index is 1020. The third-order valence-electron chi connectivity index (χ3n) is 5.16. The molecular weight excluding hydrogens is 352 g/mol. The van der Waals surface area contributed by atoms with E-state index in [1.165, 1.54) is 18.9 Å². The molecule has 0 aliphatic carbocycles. The van der Waals surface area contributed by atoms with Gasteiger partial charge in [0.05, 0.1) is 18.1 Å². The smallest absolute Gasteiger partial charge is 0.330 e. The van der Waals surface area contributed by atoms with E-state index in [1.807, 2.05) is 24.5 Å². The van der Waals surface area contributed by atoms with Gasteiger partial charge in [0.2, 0.25) is 0 Å². The predicted molar refractivity (Wildman–Crippen MR) is 112 cm³/mol. The zero-order valence-corrected chi connectivity index (χ0v) is 16.2. The van der Waals surface area contributed by atoms with Crippen LogP contribution in [0.2, 0.25) is 0 Å². The first kappa shape index (κ1) is 18.3. The number of nitrogens with zero attached hydrogens (tertiary/aromatic N) is 4. The molecule has 2 heterocycles. The van der Waals surface area contributed by atoms with Crippen LogP contribution in [-0.2, 0) is 9.53 Å². The average Bonchev–Trinajstić information content (AvgIpc) is 3.16. The van der Waals surface area contributed by atoms with Gasteiger partial charge in [0.25, 0.3) is 0 Å². The fourth-order valence-corrected chi connectivity index (χ4v) is 3.48. The molecule has 6 nitrogen and oxygen atoms in total. The van der Waals surface area contributed by atoms with Gasteiger partial charge in [-0.1, -0.05) is 12.1 Å². The molecule has 1 aromatic heterocycles. The molecule has 1 aliphatic rings. The Balaban J connectivity index is 1.62. The SMILES string of the molecule is COC(=O)/C=C/c1ccc2c(c1)ncn2-c1cccc(N2CCN(C)CC2)c1. The number of carbonyl (C=O) groups is 1. The average molecular weight is 376 g/mol. The van der Waals surface area contributed by atoms with Crippen molar-refractivity contribution in [3.05, 3.63) is 60.4 Å². The third kappa shape index (κ3) is 3.77.